The summed E-state index contributed by atoms with van der Waals surface area (Å²) in [6.45, 7) is 10.7. The number of hydrogen-bond acceptors (Lipinski definition) is 8. The van der Waals surface area contributed by atoms with Crippen LogP contribution in [-0.4, -0.2) is 73.7 Å². The van der Waals surface area contributed by atoms with Crippen LogP contribution in [0.4, 0.5) is 20.6 Å². The van der Waals surface area contributed by atoms with E-state index in [-0.39, 0.29) is 33.5 Å². The summed E-state index contributed by atoms with van der Waals surface area (Å²) in [5.74, 6) is 0.927. The van der Waals surface area contributed by atoms with Crippen molar-refractivity contribution in [3.63, 3.8) is 0 Å². The first-order valence-corrected chi connectivity index (χ1v) is 21.1. The van der Waals surface area contributed by atoms with Crippen LogP contribution in [0.1, 0.15) is 50.4 Å². The maximum Gasteiger partial charge on any atom is 0.404 e. The fraction of sp³-hybridized carbons (Fsp3) is 0.419. The Labute approximate surface area is 328 Å². The molecule has 296 valence electrons. The number of halogens is 1. The molecule has 13 heteroatoms. The van der Waals surface area contributed by atoms with Crippen molar-refractivity contribution in [3.8, 4) is 0 Å². The first kappa shape index (κ1) is 39.2. The summed E-state index contributed by atoms with van der Waals surface area (Å²) >= 11 is 0. The molecule has 1 aromatic heterocycles. The van der Waals surface area contributed by atoms with Gasteiger partial charge in [0.25, 0.3) is 0 Å². The van der Waals surface area contributed by atoms with E-state index in [2.05, 4.69) is 38.2 Å². The molecule has 3 atom stereocenters. The highest BCUT2D eigenvalue weighted by Gasteiger charge is 2.53. The van der Waals surface area contributed by atoms with Crippen LogP contribution >= 0.6 is 0 Å². The summed E-state index contributed by atoms with van der Waals surface area (Å²) in [7, 11) is -3.79. The van der Waals surface area contributed by atoms with E-state index in [1.54, 1.807) is 36.4 Å². The zero-order valence-corrected chi connectivity index (χ0v) is 32.7. The van der Waals surface area contributed by atoms with E-state index in [1.807, 2.05) is 30.6 Å². The number of piperidine rings is 1. The zero-order valence-electron chi connectivity index (χ0n) is 31.9. The molecule has 2 aliphatic heterocycles. The van der Waals surface area contributed by atoms with E-state index in [9.17, 15) is 18.0 Å². The number of nitrogens with one attached hydrogen (secondary N) is 1. The largest absolute Gasteiger partial charge is 0.446 e. The van der Waals surface area contributed by atoms with E-state index in [0.29, 0.717) is 18.2 Å². The zero-order chi connectivity index (χ0) is 39.5. The van der Waals surface area contributed by atoms with Crippen LogP contribution < -0.4 is 16.0 Å². The van der Waals surface area contributed by atoms with Gasteiger partial charge in [0.2, 0.25) is 15.7 Å². The second kappa shape index (κ2) is 16.6. The number of sulfone groups is 1. The minimum Gasteiger partial charge on any atom is -0.446 e. The predicted molar refractivity (Wildman–Crippen MR) is 214 cm³/mol. The minimum absolute atomic E-state index is 0.0304. The number of ether oxygens (including phenoxy) is 1. The third-order valence-corrected chi connectivity index (χ3v) is 14.0. The molecule has 3 aliphatic rings. The highest BCUT2D eigenvalue weighted by molar-refractivity contribution is 7.91. The lowest BCUT2D eigenvalue weighted by atomic mass is 9.58. The number of rotatable bonds is 14. The number of imidazole rings is 1. The lowest BCUT2D eigenvalue weighted by Crippen LogP contribution is -2.55. The molecule has 0 bridgehead atoms. The summed E-state index contributed by atoms with van der Waals surface area (Å²) in [4.78, 5) is 33.6. The van der Waals surface area contributed by atoms with Gasteiger partial charge in [-0.25, -0.2) is 22.6 Å². The van der Waals surface area contributed by atoms with Crippen LogP contribution in [0.25, 0.3) is 0 Å². The van der Waals surface area contributed by atoms with Gasteiger partial charge in [0.05, 0.1) is 9.79 Å². The predicted octanol–water partition coefficient (Wildman–Crippen LogP) is 6.59. The molecule has 3 fully saturated rings. The van der Waals surface area contributed by atoms with Crippen molar-refractivity contribution < 1.29 is 27.1 Å². The highest BCUT2D eigenvalue weighted by Crippen LogP contribution is 2.52. The summed E-state index contributed by atoms with van der Waals surface area (Å²) < 4.78 is 49.9. The number of aryl methyl sites for hydroxylation is 1. The van der Waals surface area contributed by atoms with Gasteiger partial charge in [-0.1, -0.05) is 31.7 Å². The van der Waals surface area contributed by atoms with Crippen molar-refractivity contribution in [1.29, 1.82) is 0 Å². The number of anilines is 2. The van der Waals surface area contributed by atoms with E-state index >= 15 is 4.39 Å². The Bertz CT molecular complexity index is 2150. The van der Waals surface area contributed by atoms with Crippen LogP contribution in [0.5, 0.6) is 0 Å². The van der Waals surface area contributed by atoms with Crippen molar-refractivity contribution in [1.82, 2.24) is 14.5 Å². The van der Waals surface area contributed by atoms with Gasteiger partial charge in [-0.05, 0) is 117 Å². The summed E-state index contributed by atoms with van der Waals surface area (Å²) in [5, 5.41) is 2.61. The molecule has 1 saturated carbocycles. The van der Waals surface area contributed by atoms with Crippen molar-refractivity contribution in [3.05, 3.63) is 115 Å². The molecule has 1 aliphatic carbocycles. The number of hydrogen-bond donors (Lipinski definition) is 2. The maximum absolute atomic E-state index is 15.1. The third kappa shape index (κ3) is 8.10. The molecule has 3 heterocycles. The Morgan fingerprint density at radius 1 is 1.02 bits per heavy atom. The van der Waals surface area contributed by atoms with Gasteiger partial charge in [0, 0.05) is 73.6 Å². The molecule has 4 aromatic rings. The Balaban J connectivity index is 1.02. The molecule has 0 spiro atoms. The average molecular weight is 783 g/mol. The highest BCUT2D eigenvalue weighted by atomic mass is 32.2. The van der Waals surface area contributed by atoms with E-state index < -0.39 is 27.3 Å². The van der Waals surface area contributed by atoms with E-state index in [0.717, 1.165) is 94.4 Å². The number of nitrogens with two attached hydrogens (primary N) is 1. The quantitative estimate of drug-likeness (QED) is 0.137. The smallest absolute Gasteiger partial charge is 0.404 e. The first-order chi connectivity index (χ1) is 27.0. The normalized spacial score (nSPS) is 20.6. The third-order valence-electron chi connectivity index (χ3n) is 12.2. The van der Waals surface area contributed by atoms with Gasteiger partial charge < -0.3 is 30.2 Å². The minimum atomic E-state index is -3.79. The number of nitrogens with zero attached hydrogens (tertiary/aromatic N) is 4. The molecule has 11 nitrogen and oxygen atoms in total. The lowest BCUT2D eigenvalue weighted by molar-refractivity contribution is -0.111. The second-order valence-electron chi connectivity index (χ2n) is 15.5. The fourth-order valence-electron chi connectivity index (χ4n) is 9.55. The first-order valence-electron chi connectivity index (χ1n) is 19.6. The van der Waals surface area contributed by atoms with Gasteiger partial charge in [-0.2, -0.15) is 0 Å². The van der Waals surface area contributed by atoms with Gasteiger partial charge in [-0.3, -0.25) is 4.79 Å². The second-order valence-corrected chi connectivity index (χ2v) is 17.4. The number of carbonyl (C=O) groups is 2. The number of aromatic nitrogens is 2. The van der Waals surface area contributed by atoms with Gasteiger partial charge in [0.1, 0.15) is 17.7 Å². The molecule has 2 amide bonds. The van der Waals surface area contributed by atoms with Crippen LogP contribution in [-0.2, 0) is 37.7 Å². The molecule has 0 radical (unpaired) electrons. The maximum atomic E-state index is 15.1. The standard InChI is InChI=1S/C43H51FN6O5S/c1-3-40-46-20-23-49(40)29-43(32-8-5-9-33(44)24-32,38-12-7-13-39(38)55-42(45)52)31-18-21-48(22-19-31)26-30-27-50(28-30)35-14-16-36(17-15-35)56(53,54)37-11-6-10-34(25-37)47-41(51)4-2/h4-6,8-11,14-17,20,23-25,30-31,38-39H,2-3,7,12-13,18-19,21-22,26-29H2,1H3,(H2,45,52)(H,47,51)/t38-,39-,43?/m0/s1. The van der Waals surface area contributed by atoms with Crippen LogP contribution in [0.2, 0.25) is 0 Å². The molecular weight excluding hydrogens is 732 g/mol. The summed E-state index contributed by atoms with van der Waals surface area (Å²) in [6.07, 6.45) is 8.97. The van der Waals surface area contributed by atoms with Crippen molar-refractivity contribution in [2.24, 2.45) is 23.5 Å². The molecule has 56 heavy (non-hydrogen) atoms. The van der Waals surface area contributed by atoms with Gasteiger partial charge >= 0.3 is 6.09 Å². The summed E-state index contributed by atoms with van der Waals surface area (Å²) in [6, 6.07) is 20.2. The van der Waals surface area contributed by atoms with E-state index in [4.69, 9.17) is 10.5 Å². The monoisotopic (exact) mass is 782 g/mol. The van der Waals surface area contributed by atoms with Crippen molar-refractivity contribution >= 4 is 33.2 Å². The molecule has 3 aromatic carbocycles. The Hall–Kier alpha value is -5.01. The Morgan fingerprint density at radius 2 is 1.77 bits per heavy atom. The molecule has 1 unspecified atom stereocenters. The number of benzene rings is 3. The van der Waals surface area contributed by atoms with Gasteiger partial charge in [0.15, 0.2) is 0 Å². The molecule has 7 rings (SSSR count). The molecule has 2 saturated heterocycles. The topological polar surface area (TPSA) is 140 Å². The average Bonchev–Trinajstić information content (AvgIpc) is 3.84. The van der Waals surface area contributed by atoms with Crippen molar-refractivity contribution in [2.45, 2.75) is 73.3 Å². The fourth-order valence-corrected chi connectivity index (χ4v) is 10.9. The van der Waals surface area contributed by atoms with Gasteiger partial charge in [-0.15, -0.1) is 0 Å². The van der Waals surface area contributed by atoms with Crippen LogP contribution in [0.3, 0.4) is 0 Å². The van der Waals surface area contributed by atoms with Crippen LogP contribution in [0, 0.1) is 23.6 Å². The Morgan fingerprint density at radius 3 is 2.46 bits per heavy atom. The van der Waals surface area contributed by atoms with Crippen molar-refractivity contribution in [2.75, 3.05) is 42.9 Å². The Kier molecular flexibility index (Phi) is 11.6. The van der Waals surface area contributed by atoms with E-state index in [1.165, 1.54) is 18.2 Å². The number of likely N-dealkylation sites (tertiary alicyclic amines) is 1. The summed E-state index contributed by atoms with van der Waals surface area (Å²) in [5.41, 5.74) is 7.40. The lowest BCUT2D eigenvalue weighted by Gasteiger charge is -2.51. The molecule has 3 N–H and O–H groups in total. The number of primary amides is 1. The number of carbonyl (C=O) groups excluding carboxylic acids is 2. The number of amides is 2. The van der Waals surface area contributed by atoms with Crippen LogP contribution in [0.15, 0.2) is 108 Å². The molecular formula is C43H51FN6O5S. The SMILES string of the molecule is C=CC(=O)Nc1cccc(S(=O)(=O)c2ccc(N3CC(CN4CCC(C(Cn5ccnc5CC)(c5cccc(F)c5)[C@H]5CCC[C@@H]5OC(N)=O)CC4)C3)cc2)c1.